The number of aromatic amines is 1. The first-order valence-electron chi connectivity index (χ1n) is 8.60. The van der Waals surface area contributed by atoms with E-state index in [9.17, 15) is 4.79 Å². The van der Waals surface area contributed by atoms with Crippen molar-refractivity contribution in [2.75, 3.05) is 17.2 Å². The van der Waals surface area contributed by atoms with E-state index >= 15 is 0 Å². The molecule has 7 nitrogen and oxygen atoms in total. The fraction of sp³-hybridized carbons (Fsp3) is 0.471. The lowest BCUT2D eigenvalue weighted by atomic mass is 10.2. The van der Waals surface area contributed by atoms with Crippen LogP contribution in [0.4, 0.5) is 5.82 Å². The van der Waals surface area contributed by atoms with E-state index in [1.165, 1.54) is 0 Å². The smallest absolute Gasteiger partial charge is 0.259 e. The number of aromatic nitrogens is 3. The number of rotatable bonds is 3. The number of nitrogens with two attached hydrogens (primary N) is 1. The first-order valence-corrected chi connectivity index (χ1v) is 9.58. The Hall–Kier alpha value is -2.06. The van der Waals surface area contributed by atoms with Gasteiger partial charge in [-0.25, -0.2) is 9.97 Å². The van der Waals surface area contributed by atoms with Gasteiger partial charge in [0.2, 0.25) is 0 Å². The van der Waals surface area contributed by atoms with Crippen LogP contribution in [0.3, 0.4) is 0 Å². The number of nitrogens with one attached hydrogen (secondary N) is 2. The third-order valence-electron chi connectivity index (χ3n) is 4.89. The van der Waals surface area contributed by atoms with Gasteiger partial charge in [0.1, 0.15) is 17.8 Å². The summed E-state index contributed by atoms with van der Waals surface area (Å²) in [6.07, 6.45) is 8.41. The SMILES string of the molecule is Cc1c[nH]c2ncnc(N3C=C(C(=O)N[C@H]4CCC[C@@H]4N)SCC3)c12. The molecule has 2 atom stereocenters. The minimum Gasteiger partial charge on any atom is -0.347 e. The molecule has 3 heterocycles. The maximum atomic E-state index is 12.6. The molecule has 1 aliphatic carbocycles. The van der Waals surface area contributed by atoms with Gasteiger partial charge >= 0.3 is 0 Å². The fourth-order valence-corrected chi connectivity index (χ4v) is 4.41. The number of H-pyrrole nitrogens is 1. The van der Waals surface area contributed by atoms with Crippen LogP contribution in [0.15, 0.2) is 23.6 Å². The minimum absolute atomic E-state index is 0.0341. The second-order valence-corrected chi connectivity index (χ2v) is 7.74. The molecule has 2 aromatic rings. The van der Waals surface area contributed by atoms with Gasteiger partial charge in [-0.05, 0) is 31.7 Å². The lowest BCUT2D eigenvalue weighted by Crippen LogP contribution is -2.44. The molecule has 0 unspecified atom stereocenters. The minimum atomic E-state index is -0.0341. The van der Waals surface area contributed by atoms with Crippen molar-refractivity contribution in [3.8, 4) is 0 Å². The predicted molar refractivity (Wildman–Crippen MR) is 100 cm³/mol. The van der Waals surface area contributed by atoms with Gasteiger partial charge in [-0.15, -0.1) is 11.8 Å². The largest absolute Gasteiger partial charge is 0.347 e. The Morgan fingerprint density at radius 1 is 1.44 bits per heavy atom. The topological polar surface area (TPSA) is 99.9 Å². The lowest BCUT2D eigenvalue weighted by molar-refractivity contribution is -0.117. The van der Waals surface area contributed by atoms with Gasteiger partial charge in [-0.1, -0.05) is 0 Å². The molecule has 0 bridgehead atoms. The molecule has 8 heteroatoms. The Kier molecular flexibility index (Phi) is 4.39. The second-order valence-electron chi connectivity index (χ2n) is 6.60. The maximum absolute atomic E-state index is 12.6. The second kappa shape index (κ2) is 6.68. The van der Waals surface area contributed by atoms with Crippen LogP contribution in [0.2, 0.25) is 0 Å². The van der Waals surface area contributed by atoms with Gasteiger partial charge in [0, 0.05) is 36.8 Å². The molecular weight excluding hydrogens is 336 g/mol. The molecule has 0 saturated heterocycles. The molecule has 0 spiro atoms. The van der Waals surface area contributed by atoms with Crippen molar-refractivity contribution in [1.29, 1.82) is 0 Å². The van der Waals surface area contributed by atoms with Crippen molar-refractivity contribution in [2.45, 2.75) is 38.3 Å². The Balaban J connectivity index is 1.59. The molecule has 4 N–H and O–H groups in total. The molecule has 1 fully saturated rings. The van der Waals surface area contributed by atoms with Crippen LogP contribution in [0, 0.1) is 6.92 Å². The van der Waals surface area contributed by atoms with Gasteiger partial charge in [-0.2, -0.15) is 0 Å². The van der Waals surface area contributed by atoms with E-state index in [1.54, 1.807) is 18.1 Å². The molecule has 2 aliphatic rings. The van der Waals surface area contributed by atoms with E-state index in [0.29, 0.717) is 4.91 Å². The molecular formula is C17H22N6OS. The summed E-state index contributed by atoms with van der Waals surface area (Å²) >= 11 is 1.58. The first kappa shape index (κ1) is 16.4. The number of hydrogen-bond acceptors (Lipinski definition) is 6. The predicted octanol–water partition coefficient (Wildman–Crippen LogP) is 1.66. The van der Waals surface area contributed by atoms with E-state index in [-0.39, 0.29) is 18.0 Å². The summed E-state index contributed by atoms with van der Waals surface area (Å²) in [6.45, 7) is 2.84. The van der Waals surface area contributed by atoms with Crippen molar-refractivity contribution < 1.29 is 4.79 Å². The van der Waals surface area contributed by atoms with Crippen LogP contribution in [0.25, 0.3) is 11.0 Å². The zero-order valence-electron chi connectivity index (χ0n) is 14.2. The van der Waals surface area contributed by atoms with Crippen LogP contribution in [0.5, 0.6) is 0 Å². The molecule has 132 valence electrons. The zero-order valence-corrected chi connectivity index (χ0v) is 15.0. The Morgan fingerprint density at radius 2 is 2.32 bits per heavy atom. The summed E-state index contributed by atoms with van der Waals surface area (Å²) in [4.78, 5) is 27.3. The van der Waals surface area contributed by atoms with E-state index < -0.39 is 0 Å². The Labute approximate surface area is 150 Å². The van der Waals surface area contributed by atoms with Gasteiger partial charge < -0.3 is 20.9 Å². The number of thioether (sulfide) groups is 1. The number of carbonyl (C=O) groups excluding carboxylic acids is 1. The number of amides is 1. The summed E-state index contributed by atoms with van der Waals surface area (Å²) < 4.78 is 0. The van der Waals surface area contributed by atoms with Crippen LogP contribution in [0.1, 0.15) is 24.8 Å². The number of nitrogens with zero attached hydrogens (tertiary/aromatic N) is 3. The highest BCUT2D eigenvalue weighted by Crippen LogP contribution is 2.31. The van der Waals surface area contributed by atoms with Gasteiger partial charge in [0.25, 0.3) is 5.91 Å². The van der Waals surface area contributed by atoms with Crippen molar-refractivity contribution in [3.63, 3.8) is 0 Å². The normalized spacial score (nSPS) is 23.8. The van der Waals surface area contributed by atoms with Crippen LogP contribution < -0.4 is 16.0 Å². The molecule has 1 saturated carbocycles. The van der Waals surface area contributed by atoms with E-state index in [1.807, 2.05) is 24.2 Å². The zero-order chi connectivity index (χ0) is 17.4. The highest BCUT2D eigenvalue weighted by atomic mass is 32.2. The molecule has 0 aromatic carbocycles. The average molecular weight is 358 g/mol. The third-order valence-corrected chi connectivity index (χ3v) is 5.88. The summed E-state index contributed by atoms with van der Waals surface area (Å²) in [5, 5.41) is 4.10. The van der Waals surface area contributed by atoms with Crippen molar-refractivity contribution in [1.82, 2.24) is 20.3 Å². The quantitative estimate of drug-likeness (QED) is 0.772. The van der Waals surface area contributed by atoms with E-state index in [2.05, 4.69) is 20.3 Å². The monoisotopic (exact) mass is 358 g/mol. The van der Waals surface area contributed by atoms with E-state index in [4.69, 9.17) is 5.73 Å². The van der Waals surface area contributed by atoms with Gasteiger partial charge in [0.15, 0.2) is 0 Å². The first-order chi connectivity index (χ1) is 12.1. The van der Waals surface area contributed by atoms with Crippen molar-refractivity contribution in [3.05, 3.63) is 29.2 Å². The number of carbonyl (C=O) groups is 1. The maximum Gasteiger partial charge on any atom is 0.259 e. The van der Waals surface area contributed by atoms with Crippen LogP contribution >= 0.6 is 11.8 Å². The van der Waals surface area contributed by atoms with Crippen molar-refractivity contribution in [2.24, 2.45) is 5.73 Å². The van der Waals surface area contributed by atoms with Gasteiger partial charge in [0.05, 0.1) is 10.3 Å². The number of aryl methyl sites for hydroxylation is 1. The highest BCUT2D eigenvalue weighted by molar-refractivity contribution is 8.04. The Morgan fingerprint density at radius 3 is 3.12 bits per heavy atom. The fourth-order valence-electron chi connectivity index (χ4n) is 3.51. The number of anilines is 1. The summed E-state index contributed by atoms with van der Waals surface area (Å²) in [6, 6.07) is 0.153. The van der Waals surface area contributed by atoms with Crippen LogP contribution in [-0.2, 0) is 4.79 Å². The summed E-state index contributed by atoms with van der Waals surface area (Å²) in [7, 11) is 0. The average Bonchev–Trinajstić information content (AvgIpc) is 3.21. The van der Waals surface area contributed by atoms with E-state index in [0.717, 1.165) is 54.0 Å². The van der Waals surface area contributed by atoms with Crippen LogP contribution in [-0.4, -0.2) is 45.2 Å². The Bertz CT molecular complexity index is 832. The lowest BCUT2D eigenvalue weighted by Gasteiger charge is -2.26. The number of fused-ring (bicyclic) bond motifs is 1. The molecule has 4 rings (SSSR count). The summed E-state index contributed by atoms with van der Waals surface area (Å²) in [5.41, 5.74) is 7.98. The molecule has 0 radical (unpaired) electrons. The van der Waals surface area contributed by atoms with Crippen molar-refractivity contribution >= 4 is 34.5 Å². The standard InChI is InChI=1S/C17H22N6OS/c1-10-7-19-15-14(10)16(21-9-20-15)23-5-6-25-13(8-23)17(24)22-12-4-2-3-11(12)18/h7-9,11-12H,2-6,18H2,1H3,(H,22,24)(H,19,20,21)/t11-,12-/m0/s1. The highest BCUT2D eigenvalue weighted by Gasteiger charge is 2.28. The molecule has 1 aliphatic heterocycles. The van der Waals surface area contributed by atoms with Gasteiger partial charge in [-0.3, -0.25) is 4.79 Å². The third kappa shape index (κ3) is 3.11. The molecule has 1 amide bonds. The summed E-state index contributed by atoms with van der Waals surface area (Å²) in [5.74, 6) is 1.64. The molecule has 2 aromatic heterocycles. The number of hydrogen-bond donors (Lipinski definition) is 3. The molecule has 25 heavy (non-hydrogen) atoms.